The summed E-state index contributed by atoms with van der Waals surface area (Å²) in [6.45, 7) is 4.25. The highest BCUT2D eigenvalue weighted by Gasteiger charge is 2.31. The van der Waals surface area contributed by atoms with Gasteiger partial charge < -0.3 is 10.2 Å². The van der Waals surface area contributed by atoms with Crippen molar-refractivity contribution in [2.24, 2.45) is 0 Å². The first-order chi connectivity index (χ1) is 11.0. The van der Waals surface area contributed by atoms with Gasteiger partial charge >= 0.3 is 0 Å². The van der Waals surface area contributed by atoms with Crippen LogP contribution in [-0.2, 0) is 5.41 Å². The Kier molecular flexibility index (Phi) is 3.83. The van der Waals surface area contributed by atoms with Crippen LogP contribution in [0.3, 0.4) is 0 Å². The Labute approximate surface area is 136 Å². The fraction of sp³-hybridized carbons (Fsp3) is 0.143. The highest BCUT2D eigenvalue weighted by molar-refractivity contribution is 5.51. The minimum absolute atomic E-state index is 0.256. The summed E-state index contributed by atoms with van der Waals surface area (Å²) in [7, 11) is 0. The normalized spacial score (nSPS) is 11.4. The smallest absolute Gasteiger partial charge is 0.115 e. The van der Waals surface area contributed by atoms with Crippen molar-refractivity contribution in [1.82, 2.24) is 0 Å². The van der Waals surface area contributed by atoms with Crippen LogP contribution in [0.2, 0.25) is 0 Å². The van der Waals surface area contributed by atoms with Gasteiger partial charge in [-0.05, 0) is 54.8 Å². The van der Waals surface area contributed by atoms with Crippen LogP contribution in [-0.4, -0.2) is 10.2 Å². The predicted molar refractivity (Wildman–Crippen MR) is 92.9 cm³/mol. The molecule has 0 bridgehead atoms. The lowest BCUT2D eigenvalue weighted by Crippen LogP contribution is -2.25. The van der Waals surface area contributed by atoms with Crippen LogP contribution in [0.5, 0.6) is 11.5 Å². The van der Waals surface area contributed by atoms with Crippen LogP contribution >= 0.6 is 0 Å². The molecule has 0 saturated heterocycles. The van der Waals surface area contributed by atoms with Gasteiger partial charge in [0.05, 0.1) is 0 Å². The number of hydrogen-bond acceptors (Lipinski definition) is 2. The van der Waals surface area contributed by atoms with Gasteiger partial charge in [-0.1, -0.05) is 54.1 Å². The number of aromatic hydroxyl groups is 2. The van der Waals surface area contributed by atoms with E-state index < -0.39 is 0 Å². The Morgan fingerprint density at radius 3 is 1.57 bits per heavy atom. The molecule has 2 heteroatoms. The summed E-state index contributed by atoms with van der Waals surface area (Å²) in [5.41, 5.74) is 4.19. The minimum Gasteiger partial charge on any atom is -0.508 e. The van der Waals surface area contributed by atoms with Gasteiger partial charge in [-0.15, -0.1) is 0 Å². The highest BCUT2D eigenvalue weighted by Crippen LogP contribution is 2.40. The van der Waals surface area contributed by atoms with E-state index in [4.69, 9.17) is 0 Å². The molecule has 0 fully saturated rings. The molecule has 0 atom stereocenters. The van der Waals surface area contributed by atoms with Crippen molar-refractivity contribution >= 4 is 0 Å². The van der Waals surface area contributed by atoms with E-state index >= 15 is 0 Å². The Balaban J connectivity index is 2.24. The van der Waals surface area contributed by atoms with E-state index in [9.17, 15) is 10.2 Å². The average Bonchev–Trinajstić information content (AvgIpc) is 2.55. The Bertz CT molecular complexity index is 757. The van der Waals surface area contributed by atoms with Crippen molar-refractivity contribution in [1.29, 1.82) is 0 Å². The Morgan fingerprint density at radius 2 is 1.13 bits per heavy atom. The summed E-state index contributed by atoms with van der Waals surface area (Å²) in [5, 5.41) is 19.2. The second-order valence-corrected chi connectivity index (χ2v) is 6.09. The zero-order chi connectivity index (χ0) is 16.4. The standard InChI is InChI=1S/C21H20O2/c1-15-4-3-5-18(14-15)21(2,16-6-10-19(22)11-7-16)17-8-12-20(23)13-9-17/h3-14,22-23H,1-2H3. The highest BCUT2D eigenvalue weighted by atomic mass is 16.3. The number of benzene rings is 3. The maximum atomic E-state index is 9.61. The number of rotatable bonds is 3. The molecule has 0 aromatic heterocycles. The summed E-state index contributed by atoms with van der Waals surface area (Å²) < 4.78 is 0. The second-order valence-electron chi connectivity index (χ2n) is 6.09. The minimum atomic E-state index is -0.368. The van der Waals surface area contributed by atoms with E-state index in [1.807, 2.05) is 24.3 Å². The molecule has 3 aromatic carbocycles. The van der Waals surface area contributed by atoms with Gasteiger partial charge in [-0.3, -0.25) is 0 Å². The van der Waals surface area contributed by atoms with Crippen LogP contribution in [0.1, 0.15) is 29.2 Å². The molecule has 3 aromatic rings. The molecule has 116 valence electrons. The summed E-state index contributed by atoms with van der Waals surface area (Å²) in [6, 6.07) is 23.1. The summed E-state index contributed by atoms with van der Waals surface area (Å²) in [5.74, 6) is 0.511. The van der Waals surface area contributed by atoms with Gasteiger partial charge in [0.25, 0.3) is 0 Å². The number of aryl methyl sites for hydroxylation is 1. The van der Waals surface area contributed by atoms with E-state index in [1.54, 1.807) is 24.3 Å². The molecule has 0 aliphatic heterocycles. The van der Waals surface area contributed by atoms with Crippen molar-refractivity contribution in [2.45, 2.75) is 19.3 Å². The van der Waals surface area contributed by atoms with Crippen molar-refractivity contribution in [3.63, 3.8) is 0 Å². The average molecular weight is 304 g/mol. The first-order valence-corrected chi connectivity index (χ1v) is 7.66. The lowest BCUT2D eigenvalue weighted by Gasteiger charge is -2.32. The van der Waals surface area contributed by atoms with Gasteiger partial charge in [-0.25, -0.2) is 0 Å². The molecule has 2 N–H and O–H groups in total. The molecule has 0 amide bonds. The Morgan fingerprint density at radius 1 is 0.652 bits per heavy atom. The van der Waals surface area contributed by atoms with Gasteiger partial charge in [0.1, 0.15) is 11.5 Å². The van der Waals surface area contributed by atoms with Crippen molar-refractivity contribution in [3.8, 4) is 11.5 Å². The molecule has 0 spiro atoms. The lowest BCUT2D eigenvalue weighted by atomic mass is 9.71. The molecule has 0 saturated carbocycles. The van der Waals surface area contributed by atoms with Crippen molar-refractivity contribution in [2.75, 3.05) is 0 Å². The largest absolute Gasteiger partial charge is 0.508 e. The fourth-order valence-corrected chi connectivity index (χ4v) is 3.05. The van der Waals surface area contributed by atoms with Gasteiger partial charge in [0.15, 0.2) is 0 Å². The summed E-state index contributed by atoms with van der Waals surface area (Å²) >= 11 is 0. The maximum Gasteiger partial charge on any atom is 0.115 e. The van der Waals surface area contributed by atoms with Crippen LogP contribution in [0.4, 0.5) is 0 Å². The SMILES string of the molecule is Cc1cccc(C(C)(c2ccc(O)cc2)c2ccc(O)cc2)c1. The molecule has 0 aliphatic rings. The predicted octanol–water partition coefficient (Wildman–Crippen LogP) is 4.76. The fourth-order valence-electron chi connectivity index (χ4n) is 3.05. The van der Waals surface area contributed by atoms with E-state index in [1.165, 1.54) is 11.1 Å². The molecule has 23 heavy (non-hydrogen) atoms. The van der Waals surface area contributed by atoms with Gasteiger partial charge in [-0.2, -0.15) is 0 Å². The molecule has 0 radical (unpaired) electrons. The number of phenols is 2. The molecule has 3 rings (SSSR count). The Hall–Kier alpha value is -2.74. The number of phenolic OH excluding ortho intramolecular Hbond substituents is 2. The first-order valence-electron chi connectivity index (χ1n) is 7.66. The topological polar surface area (TPSA) is 40.5 Å². The van der Waals surface area contributed by atoms with E-state index in [0.717, 1.165) is 11.1 Å². The van der Waals surface area contributed by atoms with Crippen molar-refractivity contribution in [3.05, 3.63) is 95.1 Å². The van der Waals surface area contributed by atoms with Crippen LogP contribution in [0, 0.1) is 6.92 Å². The maximum absolute atomic E-state index is 9.61. The van der Waals surface area contributed by atoms with E-state index in [2.05, 4.69) is 38.1 Å². The first kappa shape index (κ1) is 15.2. The quantitative estimate of drug-likeness (QED) is 0.685. The zero-order valence-electron chi connectivity index (χ0n) is 13.3. The van der Waals surface area contributed by atoms with Gasteiger partial charge in [0, 0.05) is 5.41 Å². The molecule has 0 unspecified atom stereocenters. The summed E-state index contributed by atoms with van der Waals surface area (Å²) in [4.78, 5) is 0. The van der Waals surface area contributed by atoms with Crippen molar-refractivity contribution < 1.29 is 10.2 Å². The monoisotopic (exact) mass is 304 g/mol. The van der Waals surface area contributed by atoms with Crippen LogP contribution in [0.15, 0.2) is 72.8 Å². The molecular weight excluding hydrogens is 284 g/mol. The number of hydrogen-bond donors (Lipinski definition) is 2. The molecular formula is C21H20O2. The second kappa shape index (κ2) is 5.81. The third kappa shape index (κ3) is 2.80. The van der Waals surface area contributed by atoms with E-state index in [-0.39, 0.29) is 16.9 Å². The third-order valence-electron chi connectivity index (χ3n) is 4.48. The molecule has 0 aliphatic carbocycles. The lowest BCUT2D eigenvalue weighted by molar-refractivity contribution is 0.474. The molecule has 2 nitrogen and oxygen atoms in total. The van der Waals surface area contributed by atoms with Crippen LogP contribution < -0.4 is 0 Å². The van der Waals surface area contributed by atoms with E-state index in [0.29, 0.717) is 0 Å². The third-order valence-corrected chi connectivity index (χ3v) is 4.48. The zero-order valence-corrected chi connectivity index (χ0v) is 13.3. The van der Waals surface area contributed by atoms with Gasteiger partial charge in [0.2, 0.25) is 0 Å². The molecule has 0 heterocycles. The summed E-state index contributed by atoms with van der Waals surface area (Å²) in [6.07, 6.45) is 0. The van der Waals surface area contributed by atoms with Crippen LogP contribution in [0.25, 0.3) is 0 Å².